The van der Waals surface area contributed by atoms with Gasteiger partial charge in [-0.1, -0.05) is 32.0 Å². The number of phenols is 2. The first-order valence-corrected chi connectivity index (χ1v) is 12.7. The van der Waals surface area contributed by atoms with Crippen LogP contribution in [0.2, 0.25) is 0 Å². The van der Waals surface area contributed by atoms with Crippen molar-refractivity contribution in [2.45, 2.75) is 57.7 Å². The SMILES string of the molecule is CCOC(=O)C(CN1CC[C@](C)(c2cccc(O)c2)[C@H](C)C1)NC(=O)[C@@H]1Cc2ccc(O)cc2CN1. The number of phenolic OH excluding ortho intramolecular Hbond substituents is 2. The van der Waals surface area contributed by atoms with E-state index in [4.69, 9.17) is 4.74 Å². The highest BCUT2D eigenvalue weighted by Crippen LogP contribution is 2.40. The quantitative estimate of drug-likeness (QED) is 0.437. The number of nitrogens with one attached hydrogen (secondary N) is 2. The van der Waals surface area contributed by atoms with E-state index in [-0.39, 0.29) is 35.3 Å². The first kappa shape index (κ1) is 26.0. The van der Waals surface area contributed by atoms with Crippen LogP contribution in [0.4, 0.5) is 0 Å². The van der Waals surface area contributed by atoms with Crippen molar-refractivity contribution in [2.75, 3.05) is 26.2 Å². The topological polar surface area (TPSA) is 111 Å². The summed E-state index contributed by atoms with van der Waals surface area (Å²) in [6.45, 7) is 8.80. The molecule has 0 saturated carbocycles. The Morgan fingerprint density at radius 3 is 2.69 bits per heavy atom. The Bertz CT molecular complexity index is 1110. The van der Waals surface area contributed by atoms with Gasteiger partial charge in [0.15, 0.2) is 0 Å². The maximum atomic E-state index is 13.1. The molecule has 0 spiro atoms. The second kappa shape index (κ2) is 10.9. The molecule has 8 heteroatoms. The normalized spacial score (nSPS) is 25.0. The Labute approximate surface area is 212 Å². The van der Waals surface area contributed by atoms with Gasteiger partial charge in [0.1, 0.15) is 17.5 Å². The summed E-state index contributed by atoms with van der Waals surface area (Å²) in [6.07, 6.45) is 1.36. The minimum Gasteiger partial charge on any atom is -0.508 e. The minimum absolute atomic E-state index is 0.0915. The lowest BCUT2D eigenvalue weighted by Gasteiger charge is -2.45. The Morgan fingerprint density at radius 1 is 1.19 bits per heavy atom. The number of esters is 1. The van der Waals surface area contributed by atoms with Gasteiger partial charge in [-0.3, -0.25) is 4.79 Å². The van der Waals surface area contributed by atoms with Gasteiger partial charge in [0.25, 0.3) is 0 Å². The third kappa shape index (κ3) is 5.65. The minimum atomic E-state index is -0.766. The summed E-state index contributed by atoms with van der Waals surface area (Å²) in [7, 11) is 0. The Hall–Kier alpha value is -3.10. The fourth-order valence-electron chi connectivity index (χ4n) is 5.41. The molecule has 4 rings (SSSR count). The van der Waals surface area contributed by atoms with Crippen molar-refractivity contribution in [1.82, 2.24) is 15.5 Å². The lowest BCUT2D eigenvalue weighted by Crippen LogP contribution is -2.57. The number of rotatable bonds is 7. The number of aromatic hydroxyl groups is 2. The van der Waals surface area contributed by atoms with Crippen molar-refractivity contribution in [3.8, 4) is 11.5 Å². The number of carbonyl (C=O) groups is 2. The van der Waals surface area contributed by atoms with Crippen LogP contribution >= 0.6 is 0 Å². The van der Waals surface area contributed by atoms with Crippen LogP contribution in [0.15, 0.2) is 42.5 Å². The molecule has 1 fully saturated rings. The van der Waals surface area contributed by atoms with Gasteiger partial charge >= 0.3 is 5.97 Å². The van der Waals surface area contributed by atoms with Crippen LogP contribution in [0.3, 0.4) is 0 Å². The molecule has 1 unspecified atom stereocenters. The third-order valence-electron chi connectivity index (χ3n) is 7.87. The zero-order chi connectivity index (χ0) is 25.9. The van der Waals surface area contributed by atoms with Crippen molar-refractivity contribution in [3.05, 3.63) is 59.2 Å². The lowest BCUT2D eigenvalue weighted by molar-refractivity contribution is -0.148. The van der Waals surface area contributed by atoms with E-state index in [9.17, 15) is 19.8 Å². The van der Waals surface area contributed by atoms with E-state index in [1.54, 1.807) is 25.1 Å². The van der Waals surface area contributed by atoms with Gasteiger partial charge in [-0.2, -0.15) is 0 Å². The van der Waals surface area contributed by atoms with Crippen LogP contribution in [0, 0.1) is 5.92 Å². The number of benzene rings is 2. The van der Waals surface area contributed by atoms with Gasteiger partial charge in [-0.25, -0.2) is 4.79 Å². The average Bonchev–Trinajstić information content (AvgIpc) is 2.85. The molecular formula is C28H37N3O5. The van der Waals surface area contributed by atoms with Gasteiger partial charge in [0.05, 0.1) is 12.6 Å². The van der Waals surface area contributed by atoms with E-state index in [1.165, 1.54) is 0 Å². The predicted molar refractivity (Wildman–Crippen MR) is 137 cm³/mol. The zero-order valence-corrected chi connectivity index (χ0v) is 21.3. The van der Waals surface area contributed by atoms with E-state index in [0.29, 0.717) is 19.5 Å². The molecule has 0 bridgehead atoms. The standard InChI is InChI=1S/C28H37N3O5/c1-4-36-27(35)25(30-26(34)24-13-19-8-9-23(33)12-20(19)15-29-24)17-31-11-10-28(3,18(2)16-31)21-6-5-7-22(32)14-21/h5-9,12,14,18,24-25,29,32-33H,4,10-11,13,15-17H2,1-3H3,(H,30,34)/t18-,24+,25?,28+/m1/s1. The molecule has 36 heavy (non-hydrogen) atoms. The van der Waals surface area contributed by atoms with Gasteiger partial charge in [-0.05, 0) is 78.6 Å². The molecule has 2 heterocycles. The molecule has 2 aromatic rings. The van der Waals surface area contributed by atoms with Gasteiger partial charge in [0.2, 0.25) is 5.91 Å². The largest absolute Gasteiger partial charge is 0.508 e. The monoisotopic (exact) mass is 495 g/mol. The lowest BCUT2D eigenvalue weighted by atomic mass is 9.68. The van der Waals surface area contributed by atoms with Crippen LogP contribution in [-0.2, 0) is 32.7 Å². The van der Waals surface area contributed by atoms with Gasteiger partial charge in [0, 0.05) is 19.6 Å². The summed E-state index contributed by atoms with van der Waals surface area (Å²) in [5.41, 5.74) is 3.00. The summed E-state index contributed by atoms with van der Waals surface area (Å²) in [5, 5.41) is 25.8. The molecule has 2 aliphatic rings. The number of hydrogen-bond donors (Lipinski definition) is 4. The van der Waals surface area contributed by atoms with Gasteiger partial charge in [-0.15, -0.1) is 0 Å². The number of fused-ring (bicyclic) bond motifs is 1. The summed E-state index contributed by atoms with van der Waals surface area (Å²) >= 11 is 0. The van der Waals surface area contributed by atoms with Crippen molar-refractivity contribution in [2.24, 2.45) is 5.92 Å². The average molecular weight is 496 g/mol. The van der Waals surface area contributed by atoms with Crippen molar-refractivity contribution < 1.29 is 24.5 Å². The van der Waals surface area contributed by atoms with Crippen LogP contribution in [0.25, 0.3) is 0 Å². The number of piperidine rings is 1. The van der Waals surface area contributed by atoms with Crippen LogP contribution in [0.1, 0.15) is 43.9 Å². The maximum Gasteiger partial charge on any atom is 0.329 e. The highest BCUT2D eigenvalue weighted by Gasteiger charge is 2.39. The fourth-order valence-corrected chi connectivity index (χ4v) is 5.41. The molecule has 4 atom stereocenters. The van der Waals surface area contributed by atoms with E-state index >= 15 is 0 Å². The molecular weight excluding hydrogens is 458 g/mol. The summed E-state index contributed by atoms with van der Waals surface area (Å²) in [4.78, 5) is 28.2. The summed E-state index contributed by atoms with van der Waals surface area (Å²) in [5.74, 6) is 0.0860. The van der Waals surface area contributed by atoms with E-state index in [1.807, 2.05) is 18.2 Å². The highest BCUT2D eigenvalue weighted by atomic mass is 16.5. The van der Waals surface area contributed by atoms with Gasteiger partial charge < -0.3 is 30.5 Å². The number of amides is 1. The fraction of sp³-hybridized carbons (Fsp3) is 0.500. The Balaban J connectivity index is 1.41. The second-order valence-corrected chi connectivity index (χ2v) is 10.3. The molecule has 0 aromatic heterocycles. The van der Waals surface area contributed by atoms with Crippen LogP contribution in [0.5, 0.6) is 11.5 Å². The van der Waals surface area contributed by atoms with Crippen LogP contribution in [-0.4, -0.2) is 65.3 Å². The summed E-state index contributed by atoms with van der Waals surface area (Å²) in [6, 6.07) is 11.4. The molecule has 1 saturated heterocycles. The highest BCUT2D eigenvalue weighted by molar-refractivity contribution is 5.88. The molecule has 1 amide bonds. The van der Waals surface area contributed by atoms with Crippen molar-refractivity contribution in [3.63, 3.8) is 0 Å². The maximum absolute atomic E-state index is 13.1. The Kier molecular flexibility index (Phi) is 7.85. The second-order valence-electron chi connectivity index (χ2n) is 10.3. The van der Waals surface area contributed by atoms with Crippen molar-refractivity contribution >= 4 is 11.9 Å². The Morgan fingerprint density at radius 2 is 1.97 bits per heavy atom. The molecule has 2 aromatic carbocycles. The van der Waals surface area contributed by atoms with Crippen molar-refractivity contribution in [1.29, 1.82) is 0 Å². The predicted octanol–water partition coefficient (Wildman–Crippen LogP) is 2.46. The molecule has 8 nitrogen and oxygen atoms in total. The third-order valence-corrected chi connectivity index (χ3v) is 7.87. The van der Waals surface area contributed by atoms with E-state index < -0.39 is 18.1 Å². The molecule has 194 valence electrons. The number of nitrogens with zero attached hydrogens (tertiary/aromatic N) is 1. The molecule has 2 aliphatic heterocycles. The number of hydrogen-bond acceptors (Lipinski definition) is 7. The molecule has 4 N–H and O–H groups in total. The number of likely N-dealkylation sites (tertiary alicyclic amines) is 1. The van der Waals surface area contributed by atoms with E-state index in [2.05, 4.69) is 35.4 Å². The smallest absolute Gasteiger partial charge is 0.329 e. The van der Waals surface area contributed by atoms with Crippen LogP contribution < -0.4 is 10.6 Å². The number of ether oxygens (including phenoxy) is 1. The number of carbonyl (C=O) groups excluding carboxylic acids is 2. The summed E-state index contributed by atoms with van der Waals surface area (Å²) < 4.78 is 5.30. The zero-order valence-electron chi connectivity index (χ0n) is 21.3. The van der Waals surface area contributed by atoms with E-state index in [0.717, 1.165) is 36.2 Å². The molecule has 0 aliphatic carbocycles. The first-order valence-electron chi connectivity index (χ1n) is 12.7. The molecule has 0 radical (unpaired) electrons. The first-order chi connectivity index (χ1) is 17.2.